The van der Waals surface area contributed by atoms with Crippen LogP contribution in [0.1, 0.15) is 62.1 Å². The standard InChI is InChI=1S/C35H42N2/c1-24-26(3)32(14-8-28-10-20-34(36)21-11-28)18-16-30(24)6-5-7-31-17-19-33(27(4)25(31)2)15-9-29-12-22-35(37)23-13-29/h10-13,16-23H,5-9,14-15,36-37H2,1-4H3. The second-order valence-electron chi connectivity index (χ2n) is 10.6. The summed E-state index contributed by atoms with van der Waals surface area (Å²) in [6.07, 6.45) is 7.67. The van der Waals surface area contributed by atoms with Gasteiger partial charge in [-0.1, -0.05) is 48.5 Å². The minimum atomic E-state index is 0.829. The lowest BCUT2D eigenvalue weighted by atomic mass is 9.90. The summed E-state index contributed by atoms with van der Waals surface area (Å²) in [5, 5.41) is 0. The predicted octanol–water partition coefficient (Wildman–Crippen LogP) is 7.83. The van der Waals surface area contributed by atoms with Crippen molar-refractivity contribution in [3.05, 3.63) is 128 Å². The topological polar surface area (TPSA) is 52.0 Å². The third-order valence-electron chi connectivity index (χ3n) is 8.24. The highest BCUT2D eigenvalue weighted by atomic mass is 14.5. The quantitative estimate of drug-likeness (QED) is 0.223. The van der Waals surface area contributed by atoms with Crippen molar-refractivity contribution in [3.8, 4) is 0 Å². The van der Waals surface area contributed by atoms with Crippen LogP contribution in [-0.4, -0.2) is 0 Å². The Bertz CT molecular complexity index is 1230. The number of aryl methyl sites for hydroxylation is 6. The average molecular weight is 491 g/mol. The fraction of sp³-hybridized carbons (Fsp3) is 0.314. The zero-order valence-corrected chi connectivity index (χ0v) is 23.0. The molecule has 0 saturated heterocycles. The smallest absolute Gasteiger partial charge is 0.0314 e. The molecule has 0 amide bonds. The minimum absolute atomic E-state index is 0.829. The van der Waals surface area contributed by atoms with E-state index in [1.165, 1.54) is 62.1 Å². The van der Waals surface area contributed by atoms with Gasteiger partial charge in [-0.2, -0.15) is 0 Å². The predicted molar refractivity (Wildman–Crippen MR) is 160 cm³/mol. The van der Waals surface area contributed by atoms with Crippen LogP contribution >= 0.6 is 0 Å². The molecule has 4 aromatic rings. The van der Waals surface area contributed by atoms with Crippen LogP contribution in [0.25, 0.3) is 0 Å². The van der Waals surface area contributed by atoms with E-state index in [4.69, 9.17) is 11.5 Å². The molecule has 0 aliphatic rings. The van der Waals surface area contributed by atoms with Crippen LogP contribution in [-0.2, 0) is 38.5 Å². The van der Waals surface area contributed by atoms with Crippen LogP contribution in [0.5, 0.6) is 0 Å². The monoisotopic (exact) mass is 490 g/mol. The maximum Gasteiger partial charge on any atom is 0.0314 e. The first-order valence-electron chi connectivity index (χ1n) is 13.7. The number of anilines is 2. The van der Waals surface area contributed by atoms with Crippen LogP contribution < -0.4 is 11.5 Å². The summed E-state index contributed by atoms with van der Waals surface area (Å²) in [6, 6.07) is 26.0. The molecule has 0 saturated carbocycles. The summed E-state index contributed by atoms with van der Waals surface area (Å²) in [4.78, 5) is 0. The Labute approximate surface area is 223 Å². The Morgan fingerprint density at radius 3 is 1.00 bits per heavy atom. The highest BCUT2D eigenvalue weighted by Gasteiger charge is 2.10. The van der Waals surface area contributed by atoms with E-state index in [0.717, 1.165) is 49.9 Å². The number of benzene rings is 4. The van der Waals surface area contributed by atoms with Crippen molar-refractivity contribution in [1.82, 2.24) is 0 Å². The van der Waals surface area contributed by atoms with Gasteiger partial charge < -0.3 is 11.5 Å². The molecule has 37 heavy (non-hydrogen) atoms. The molecule has 192 valence electrons. The summed E-state index contributed by atoms with van der Waals surface area (Å²) in [5.41, 5.74) is 27.7. The number of nitrogen functional groups attached to an aromatic ring is 2. The van der Waals surface area contributed by atoms with Crippen molar-refractivity contribution in [3.63, 3.8) is 0 Å². The van der Waals surface area contributed by atoms with Crippen LogP contribution in [0.2, 0.25) is 0 Å². The molecule has 2 heteroatoms. The number of hydrogen-bond acceptors (Lipinski definition) is 2. The van der Waals surface area contributed by atoms with Crippen molar-refractivity contribution in [2.24, 2.45) is 0 Å². The third-order valence-corrected chi connectivity index (χ3v) is 8.24. The Hall–Kier alpha value is -3.52. The average Bonchev–Trinajstić information content (AvgIpc) is 2.90. The highest BCUT2D eigenvalue weighted by molar-refractivity contribution is 5.43. The van der Waals surface area contributed by atoms with Crippen LogP contribution in [0.4, 0.5) is 11.4 Å². The van der Waals surface area contributed by atoms with Gasteiger partial charge in [-0.3, -0.25) is 0 Å². The highest BCUT2D eigenvalue weighted by Crippen LogP contribution is 2.24. The second-order valence-corrected chi connectivity index (χ2v) is 10.6. The van der Waals surface area contributed by atoms with E-state index in [9.17, 15) is 0 Å². The van der Waals surface area contributed by atoms with Gasteiger partial charge in [0.1, 0.15) is 0 Å². The van der Waals surface area contributed by atoms with Crippen molar-refractivity contribution in [2.45, 2.75) is 72.6 Å². The molecular weight excluding hydrogens is 448 g/mol. The molecule has 0 aliphatic carbocycles. The van der Waals surface area contributed by atoms with E-state index in [1.54, 1.807) is 0 Å². The maximum atomic E-state index is 5.83. The van der Waals surface area contributed by atoms with E-state index in [-0.39, 0.29) is 0 Å². The Morgan fingerprint density at radius 1 is 0.378 bits per heavy atom. The largest absolute Gasteiger partial charge is 0.399 e. The minimum Gasteiger partial charge on any atom is -0.399 e. The maximum absolute atomic E-state index is 5.83. The first-order chi connectivity index (χ1) is 17.8. The molecule has 0 unspecified atom stereocenters. The first-order valence-corrected chi connectivity index (χ1v) is 13.7. The second kappa shape index (κ2) is 12.1. The summed E-state index contributed by atoms with van der Waals surface area (Å²) >= 11 is 0. The molecule has 4 N–H and O–H groups in total. The third kappa shape index (κ3) is 6.83. The van der Waals surface area contributed by atoms with Gasteiger partial charge in [0.15, 0.2) is 0 Å². The lowest BCUT2D eigenvalue weighted by molar-refractivity contribution is 0.805. The van der Waals surface area contributed by atoms with Crippen LogP contribution in [0, 0.1) is 27.7 Å². The molecule has 0 atom stereocenters. The Balaban J connectivity index is 1.32. The van der Waals surface area contributed by atoms with Crippen molar-refractivity contribution in [1.29, 1.82) is 0 Å². The molecule has 4 rings (SSSR count). The van der Waals surface area contributed by atoms with Gasteiger partial charge in [0, 0.05) is 11.4 Å². The normalized spacial score (nSPS) is 11.1. The Kier molecular flexibility index (Phi) is 8.71. The molecule has 0 radical (unpaired) electrons. The molecule has 4 aromatic carbocycles. The SMILES string of the molecule is Cc1c(CCCc2ccc(CCc3ccc(N)cc3)c(C)c2C)ccc(CCc2ccc(N)cc2)c1C. The van der Waals surface area contributed by atoms with E-state index in [2.05, 4.69) is 76.2 Å². The molecule has 0 bridgehead atoms. The van der Waals surface area contributed by atoms with Gasteiger partial charge in [-0.05, 0) is 153 Å². The van der Waals surface area contributed by atoms with Gasteiger partial charge in [-0.25, -0.2) is 0 Å². The molecule has 0 heterocycles. The number of hydrogen-bond donors (Lipinski definition) is 2. The van der Waals surface area contributed by atoms with Gasteiger partial charge in [0.2, 0.25) is 0 Å². The molecule has 0 spiro atoms. The first kappa shape index (κ1) is 26.5. The molecule has 0 fully saturated rings. The summed E-state index contributed by atoms with van der Waals surface area (Å²) in [7, 11) is 0. The zero-order chi connectivity index (χ0) is 26.4. The van der Waals surface area contributed by atoms with Gasteiger partial charge in [-0.15, -0.1) is 0 Å². The van der Waals surface area contributed by atoms with Crippen LogP contribution in [0.3, 0.4) is 0 Å². The van der Waals surface area contributed by atoms with E-state index in [1.807, 2.05) is 24.3 Å². The van der Waals surface area contributed by atoms with Crippen molar-refractivity contribution < 1.29 is 0 Å². The number of rotatable bonds is 10. The summed E-state index contributed by atoms with van der Waals surface area (Å²) < 4.78 is 0. The molecule has 0 aromatic heterocycles. The molecule has 0 aliphatic heterocycles. The van der Waals surface area contributed by atoms with E-state index < -0.39 is 0 Å². The van der Waals surface area contributed by atoms with Crippen molar-refractivity contribution in [2.75, 3.05) is 11.5 Å². The Morgan fingerprint density at radius 2 is 0.676 bits per heavy atom. The van der Waals surface area contributed by atoms with Crippen LogP contribution in [0.15, 0.2) is 72.8 Å². The lowest BCUT2D eigenvalue weighted by Gasteiger charge is -2.16. The summed E-state index contributed by atoms with van der Waals surface area (Å²) in [5.74, 6) is 0. The zero-order valence-electron chi connectivity index (χ0n) is 23.0. The van der Waals surface area contributed by atoms with Gasteiger partial charge in [0.05, 0.1) is 0 Å². The van der Waals surface area contributed by atoms with E-state index in [0.29, 0.717) is 0 Å². The van der Waals surface area contributed by atoms with Gasteiger partial charge >= 0.3 is 0 Å². The fourth-order valence-electron chi connectivity index (χ4n) is 5.34. The fourth-order valence-corrected chi connectivity index (χ4v) is 5.34. The van der Waals surface area contributed by atoms with Gasteiger partial charge in [0.25, 0.3) is 0 Å². The lowest BCUT2D eigenvalue weighted by Crippen LogP contribution is -2.02. The number of nitrogens with two attached hydrogens (primary N) is 2. The summed E-state index contributed by atoms with van der Waals surface area (Å²) in [6.45, 7) is 9.16. The van der Waals surface area contributed by atoms with Crippen molar-refractivity contribution >= 4 is 11.4 Å². The molecule has 2 nitrogen and oxygen atoms in total. The van der Waals surface area contributed by atoms with E-state index >= 15 is 0 Å². The molecular formula is C35H42N2.